The number of hydrogen-bond acceptors (Lipinski definition) is 5. The highest BCUT2D eigenvalue weighted by molar-refractivity contribution is 6.03. The van der Waals surface area contributed by atoms with Gasteiger partial charge in [-0.25, -0.2) is 13.8 Å². The average molecular weight is 363 g/mol. The number of carbonyl (C=O) groups excluding carboxylic acids is 1. The minimum Gasteiger partial charge on any atom is -0.320 e. The molecule has 0 spiro atoms. The molecule has 0 fully saturated rings. The maximum absolute atomic E-state index is 13.4. The van der Waals surface area contributed by atoms with E-state index in [1.807, 2.05) is 19.1 Å². The summed E-state index contributed by atoms with van der Waals surface area (Å²) in [6.45, 7) is 1.88. The first-order chi connectivity index (χ1) is 13.1. The van der Waals surface area contributed by atoms with Crippen molar-refractivity contribution in [3.63, 3.8) is 0 Å². The summed E-state index contributed by atoms with van der Waals surface area (Å²) in [4.78, 5) is 12.6. The summed E-state index contributed by atoms with van der Waals surface area (Å²) in [5.41, 5.74) is 2.96. The Morgan fingerprint density at radius 3 is 2.70 bits per heavy atom. The van der Waals surface area contributed by atoms with Gasteiger partial charge in [0, 0.05) is 11.9 Å². The Hall–Kier alpha value is -3.88. The molecule has 1 amide bonds. The number of tetrazole rings is 1. The first-order valence-corrected chi connectivity index (χ1v) is 8.07. The molecule has 0 aliphatic rings. The Morgan fingerprint density at radius 2 is 1.93 bits per heavy atom. The maximum Gasteiger partial charge on any atom is 0.276 e. The number of benzene rings is 2. The summed E-state index contributed by atoms with van der Waals surface area (Å²) >= 11 is 0. The van der Waals surface area contributed by atoms with Crippen molar-refractivity contribution in [1.29, 1.82) is 0 Å². The van der Waals surface area contributed by atoms with Crippen molar-refractivity contribution in [2.45, 2.75) is 6.92 Å². The molecule has 0 bridgehead atoms. The third-order valence-electron chi connectivity index (χ3n) is 3.98. The monoisotopic (exact) mass is 363 g/mol. The van der Waals surface area contributed by atoms with Crippen molar-refractivity contribution in [1.82, 2.24) is 30.0 Å². The minimum atomic E-state index is -0.373. The summed E-state index contributed by atoms with van der Waals surface area (Å²) in [5.74, 6) is -0.744. The van der Waals surface area contributed by atoms with Crippen LogP contribution in [0.15, 0.2) is 61.1 Å². The molecule has 0 radical (unpaired) electrons. The van der Waals surface area contributed by atoms with Crippen LogP contribution in [0.2, 0.25) is 0 Å². The van der Waals surface area contributed by atoms with E-state index in [0.29, 0.717) is 17.1 Å². The Balaban J connectivity index is 1.57. The van der Waals surface area contributed by atoms with Crippen molar-refractivity contribution in [3.05, 3.63) is 78.1 Å². The first-order valence-electron chi connectivity index (χ1n) is 8.07. The van der Waals surface area contributed by atoms with Crippen molar-refractivity contribution in [3.8, 4) is 11.4 Å². The quantitative estimate of drug-likeness (QED) is 0.602. The molecule has 2 aromatic carbocycles. The molecule has 0 unspecified atom stereocenters. The molecule has 27 heavy (non-hydrogen) atoms. The number of nitrogens with zero attached hydrogens (tertiary/aromatic N) is 6. The number of nitrogens with one attached hydrogen (secondary N) is 1. The second kappa shape index (κ2) is 6.79. The van der Waals surface area contributed by atoms with Crippen LogP contribution >= 0.6 is 0 Å². The van der Waals surface area contributed by atoms with Gasteiger partial charge in [0.15, 0.2) is 5.69 Å². The Bertz CT molecular complexity index is 1100. The van der Waals surface area contributed by atoms with E-state index >= 15 is 0 Å². The van der Waals surface area contributed by atoms with Gasteiger partial charge in [0.2, 0.25) is 0 Å². The van der Waals surface area contributed by atoms with E-state index in [1.165, 1.54) is 27.8 Å². The fourth-order valence-corrected chi connectivity index (χ4v) is 2.56. The molecule has 4 aromatic rings. The van der Waals surface area contributed by atoms with E-state index in [-0.39, 0.29) is 17.4 Å². The lowest BCUT2D eigenvalue weighted by atomic mass is 10.1. The number of aromatic nitrogens is 6. The average Bonchev–Trinajstić information content (AvgIpc) is 3.36. The zero-order valence-electron chi connectivity index (χ0n) is 14.2. The van der Waals surface area contributed by atoms with Crippen LogP contribution in [0.4, 0.5) is 10.1 Å². The largest absolute Gasteiger partial charge is 0.320 e. The predicted molar refractivity (Wildman–Crippen MR) is 95.4 cm³/mol. The van der Waals surface area contributed by atoms with Gasteiger partial charge in [-0.05, 0) is 59.3 Å². The summed E-state index contributed by atoms with van der Waals surface area (Å²) in [7, 11) is 0. The molecule has 0 saturated heterocycles. The minimum absolute atomic E-state index is 0.214. The zero-order chi connectivity index (χ0) is 18.8. The zero-order valence-corrected chi connectivity index (χ0v) is 14.2. The van der Waals surface area contributed by atoms with Gasteiger partial charge >= 0.3 is 0 Å². The second-order valence-electron chi connectivity index (χ2n) is 5.83. The van der Waals surface area contributed by atoms with Crippen LogP contribution in [0, 0.1) is 12.7 Å². The van der Waals surface area contributed by atoms with Gasteiger partial charge in [-0.1, -0.05) is 12.1 Å². The van der Waals surface area contributed by atoms with Gasteiger partial charge in [0.05, 0.1) is 11.4 Å². The van der Waals surface area contributed by atoms with Gasteiger partial charge in [-0.3, -0.25) is 4.79 Å². The fraction of sp³-hybridized carbons (Fsp3) is 0.0556. The van der Waals surface area contributed by atoms with E-state index in [2.05, 4.69) is 25.9 Å². The summed E-state index contributed by atoms with van der Waals surface area (Å²) < 4.78 is 16.3. The van der Waals surface area contributed by atoms with Gasteiger partial charge < -0.3 is 5.32 Å². The Morgan fingerprint density at radius 1 is 1.07 bits per heavy atom. The van der Waals surface area contributed by atoms with Crippen LogP contribution in [0.5, 0.6) is 0 Å². The lowest BCUT2D eigenvalue weighted by molar-refractivity contribution is 0.102. The molecule has 134 valence electrons. The number of halogens is 1. The SMILES string of the molecule is Cc1ccc(-n2cnnn2)cc1NC(=O)c1ccn(-c2cccc(F)c2)n1. The van der Waals surface area contributed by atoms with Crippen LogP contribution in [-0.2, 0) is 0 Å². The maximum atomic E-state index is 13.4. The highest BCUT2D eigenvalue weighted by atomic mass is 19.1. The van der Waals surface area contributed by atoms with Crippen LogP contribution < -0.4 is 5.32 Å². The van der Waals surface area contributed by atoms with Gasteiger partial charge in [0.1, 0.15) is 12.1 Å². The molecule has 1 N–H and O–H groups in total. The highest BCUT2D eigenvalue weighted by Crippen LogP contribution is 2.20. The number of rotatable bonds is 4. The third-order valence-corrected chi connectivity index (χ3v) is 3.98. The summed E-state index contributed by atoms with van der Waals surface area (Å²) in [6, 6.07) is 13.0. The highest BCUT2D eigenvalue weighted by Gasteiger charge is 2.13. The van der Waals surface area contributed by atoms with E-state index < -0.39 is 0 Å². The first kappa shape index (κ1) is 16.6. The molecule has 0 atom stereocenters. The van der Waals surface area contributed by atoms with Gasteiger partial charge in [-0.15, -0.1) is 5.10 Å². The number of amides is 1. The molecule has 0 aliphatic heterocycles. The van der Waals surface area contributed by atoms with Crippen molar-refractivity contribution in [2.75, 3.05) is 5.32 Å². The number of carbonyl (C=O) groups is 1. The third kappa shape index (κ3) is 3.43. The fourth-order valence-electron chi connectivity index (χ4n) is 2.56. The van der Waals surface area contributed by atoms with Crippen molar-refractivity contribution >= 4 is 11.6 Å². The van der Waals surface area contributed by atoms with Gasteiger partial charge in [0.25, 0.3) is 5.91 Å². The van der Waals surface area contributed by atoms with E-state index in [4.69, 9.17) is 0 Å². The normalized spacial score (nSPS) is 10.7. The Kier molecular flexibility index (Phi) is 4.17. The van der Waals surface area contributed by atoms with Crippen LogP contribution in [0.1, 0.15) is 16.1 Å². The molecular formula is C18H14FN7O. The van der Waals surface area contributed by atoms with Crippen LogP contribution in [0.25, 0.3) is 11.4 Å². The van der Waals surface area contributed by atoms with Crippen LogP contribution in [-0.4, -0.2) is 35.9 Å². The van der Waals surface area contributed by atoms with Crippen LogP contribution in [0.3, 0.4) is 0 Å². The molecule has 4 rings (SSSR count). The Labute approximate surface area is 153 Å². The number of aryl methyl sites for hydroxylation is 1. The smallest absolute Gasteiger partial charge is 0.276 e. The topological polar surface area (TPSA) is 90.5 Å². The number of anilines is 1. The van der Waals surface area contributed by atoms with Gasteiger partial charge in [-0.2, -0.15) is 5.10 Å². The lowest BCUT2D eigenvalue weighted by Crippen LogP contribution is -2.14. The molecule has 2 heterocycles. The molecule has 8 nitrogen and oxygen atoms in total. The van der Waals surface area contributed by atoms with Crippen molar-refractivity contribution < 1.29 is 9.18 Å². The lowest BCUT2D eigenvalue weighted by Gasteiger charge is -2.09. The molecule has 0 aliphatic carbocycles. The molecule has 2 aromatic heterocycles. The molecular weight excluding hydrogens is 349 g/mol. The van der Waals surface area contributed by atoms with E-state index in [9.17, 15) is 9.18 Å². The second-order valence-corrected chi connectivity index (χ2v) is 5.83. The molecule has 9 heteroatoms. The number of hydrogen-bond donors (Lipinski definition) is 1. The van der Waals surface area contributed by atoms with E-state index in [0.717, 1.165) is 5.56 Å². The van der Waals surface area contributed by atoms with E-state index in [1.54, 1.807) is 30.5 Å². The standard InChI is InChI=1S/C18H14FN7O/c1-12-5-6-15(26-11-20-23-24-26)10-17(12)21-18(27)16-7-8-25(22-16)14-4-2-3-13(19)9-14/h2-11H,1H3,(H,21,27). The van der Waals surface area contributed by atoms with Crippen molar-refractivity contribution in [2.24, 2.45) is 0 Å². The summed E-state index contributed by atoms with van der Waals surface area (Å²) in [6.07, 6.45) is 3.07. The molecule has 0 saturated carbocycles. The predicted octanol–water partition coefficient (Wildman–Crippen LogP) is 2.55. The summed E-state index contributed by atoms with van der Waals surface area (Å²) in [5, 5.41) is 18.1.